The van der Waals surface area contributed by atoms with Crippen LogP contribution in [0.5, 0.6) is 5.75 Å². The highest BCUT2D eigenvalue weighted by Crippen LogP contribution is 2.43. The van der Waals surface area contributed by atoms with Crippen LogP contribution in [0.3, 0.4) is 0 Å². The Bertz CT molecular complexity index is 351. The molecule has 0 aromatic heterocycles. The molecule has 0 aliphatic heterocycles. The van der Waals surface area contributed by atoms with Crippen molar-refractivity contribution >= 4 is 11.6 Å². The van der Waals surface area contributed by atoms with Gasteiger partial charge < -0.3 is 4.74 Å². The molecule has 0 N–H and O–H groups in total. The molecule has 0 heterocycles. The van der Waals surface area contributed by atoms with Gasteiger partial charge in [0, 0.05) is 12.3 Å². The third-order valence-electron chi connectivity index (χ3n) is 3.87. The second-order valence-corrected chi connectivity index (χ2v) is 5.93. The molecule has 2 rings (SSSR count). The van der Waals surface area contributed by atoms with Crippen LogP contribution >= 0.6 is 11.6 Å². The van der Waals surface area contributed by atoms with Crippen LogP contribution < -0.4 is 4.74 Å². The van der Waals surface area contributed by atoms with Crippen LogP contribution in [0, 0.1) is 5.92 Å². The second-order valence-electron chi connectivity index (χ2n) is 5.29. The summed E-state index contributed by atoms with van der Waals surface area (Å²) >= 11 is 6.79. The van der Waals surface area contributed by atoms with Gasteiger partial charge in [0.05, 0.1) is 0 Å². The average Bonchev–Trinajstić information content (AvgIpc) is 2.39. The fourth-order valence-corrected chi connectivity index (χ4v) is 3.25. The minimum absolute atomic E-state index is 0.477. The normalized spacial score (nSPS) is 28.0. The highest BCUT2D eigenvalue weighted by atomic mass is 35.5. The van der Waals surface area contributed by atoms with Crippen molar-refractivity contribution in [1.29, 1.82) is 0 Å². The Labute approximate surface area is 115 Å². The maximum absolute atomic E-state index is 6.79. The molecular formula is C16H23ClO. The first-order valence-electron chi connectivity index (χ1n) is 7.17. The van der Waals surface area contributed by atoms with Crippen LogP contribution in [-0.2, 0) is 0 Å². The smallest absolute Gasteiger partial charge is 0.185 e. The predicted octanol–water partition coefficient (Wildman–Crippen LogP) is 5.38. The van der Waals surface area contributed by atoms with E-state index in [0.717, 1.165) is 12.2 Å². The zero-order chi connectivity index (χ0) is 12.8. The molecule has 1 aromatic carbocycles. The third-order valence-corrected chi connectivity index (χ3v) is 4.44. The van der Waals surface area contributed by atoms with E-state index >= 15 is 0 Å². The molecule has 2 atom stereocenters. The Hall–Kier alpha value is -0.690. The van der Waals surface area contributed by atoms with Crippen molar-refractivity contribution in [2.45, 2.75) is 56.9 Å². The maximum Gasteiger partial charge on any atom is 0.185 e. The van der Waals surface area contributed by atoms with E-state index in [0.29, 0.717) is 5.92 Å². The van der Waals surface area contributed by atoms with E-state index in [1.165, 1.54) is 38.5 Å². The Kier molecular flexibility index (Phi) is 4.94. The van der Waals surface area contributed by atoms with Gasteiger partial charge in [0.1, 0.15) is 5.75 Å². The molecule has 0 amide bonds. The first-order chi connectivity index (χ1) is 8.74. The fourth-order valence-electron chi connectivity index (χ4n) is 2.81. The van der Waals surface area contributed by atoms with E-state index in [4.69, 9.17) is 16.3 Å². The zero-order valence-corrected chi connectivity index (χ0v) is 12.0. The lowest BCUT2D eigenvalue weighted by molar-refractivity contribution is 0.0463. The van der Waals surface area contributed by atoms with Crippen LogP contribution in [0.4, 0.5) is 0 Å². The lowest BCUT2D eigenvalue weighted by Gasteiger charge is -2.39. The van der Waals surface area contributed by atoms with Gasteiger partial charge in [-0.25, -0.2) is 0 Å². The molecule has 2 heteroatoms. The summed E-state index contributed by atoms with van der Waals surface area (Å²) in [6, 6.07) is 9.99. The first-order valence-corrected chi connectivity index (χ1v) is 7.55. The molecule has 1 nitrogen and oxygen atoms in total. The molecule has 1 saturated carbocycles. The third kappa shape index (κ3) is 3.41. The van der Waals surface area contributed by atoms with Crippen molar-refractivity contribution in [2.24, 2.45) is 5.92 Å². The number of ether oxygens (including phenoxy) is 1. The van der Waals surface area contributed by atoms with Gasteiger partial charge in [0.25, 0.3) is 0 Å². The summed E-state index contributed by atoms with van der Waals surface area (Å²) in [4.78, 5) is 0. The van der Waals surface area contributed by atoms with Crippen LogP contribution in [-0.4, -0.2) is 5.06 Å². The summed E-state index contributed by atoms with van der Waals surface area (Å²) in [5.74, 6) is 1.39. The number of benzene rings is 1. The van der Waals surface area contributed by atoms with E-state index < -0.39 is 5.06 Å². The molecule has 18 heavy (non-hydrogen) atoms. The minimum atomic E-state index is -0.477. The van der Waals surface area contributed by atoms with Crippen LogP contribution in [0.1, 0.15) is 51.9 Å². The molecule has 0 spiro atoms. The zero-order valence-electron chi connectivity index (χ0n) is 11.2. The van der Waals surface area contributed by atoms with Crippen molar-refractivity contribution in [1.82, 2.24) is 0 Å². The fraction of sp³-hybridized carbons (Fsp3) is 0.625. The van der Waals surface area contributed by atoms with Crippen LogP contribution in [0.25, 0.3) is 0 Å². The van der Waals surface area contributed by atoms with Crippen LogP contribution in [0.2, 0.25) is 0 Å². The van der Waals surface area contributed by atoms with Gasteiger partial charge in [0.15, 0.2) is 5.06 Å². The Morgan fingerprint density at radius 2 is 2.06 bits per heavy atom. The summed E-state index contributed by atoms with van der Waals surface area (Å²) in [7, 11) is 0. The van der Waals surface area contributed by atoms with Crippen molar-refractivity contribution in [3.63, 3.8) is 0 Å². The Balaban J connectivity index is 2.05. The van der Waals surface area contributed by atoms with Gasteiger partial charge in [-0.15, -0.1) is 0 Å². The van der Waals surface area contributed by atoms with Crippen molar-refractivity contribution < 1.29 is 4.74 Å². The number of para-hydroxylation sites is 1. The number of alkyl halides is 1. The summed E-state index contributed by atoms with van der Waals surface area (Å²) in [5.41, 5.74) is 0. The molecule has 1 aliphatic carbocycles. The standard InChI is InChI=1S/C16H23ClO/c1-2-3-9-14-10-7-8-13-16(14,17)18-15-11-5-4-6-12-15/h4-6,11-12,14H,2-3,7-10,13H2,1H3. The number of unbranched alkanes of at least 4 members (excludes halogenated alkanes) is 1. The summed E-state index contributed by atoms with van der Waals surface area (Å²) in [5, 5.41) is -0.477. The van der Waals surface area contributed by atoms with E-state index in [2.05, 4.69) is 6.92 Å². The number of rotatable bonds is 5. The molecule has 2 unspecified atom stereocenters. The number of halogens is 1. The van der Waals surface area contributed by atoms with Gasteiger partial charge in [-0.05, 0) is 31.4 Å². The van der Waals surface area contributed by atoms with Crippen molar-refractivity contribution in [3.05, 3.63) is 30.3 Å². The number of hydrogen-bond acceptors (Lipinski definition) is 1. The summed E-state index contributed by atoms with van der Waals surface area (Å²) < 4.78 is 6.12. The van der Waals surface area contributed by atoms with Gasteiger partial charge in [-0.2, -0.15) is 0 Å². The van der Waals surface area contributed by atoms with Gasteiger partial charge in [-0.1, -0.05) is 56.0 Å². The SMILES string of the molecule is CCCCC1CCCCC1(Cl)Oc1ccccc1. The predicted molar refractivity (Wildman–Crippen MR) is 77.1 cm³/mol. The van der Waals surface area contributed by atoms with Crippen LogP contribution in [0.15, 0.2) is 30.3 Å². The van der Waals surface area contributed by atoms with E-state index in [-0.39, 0.29) is 0 Å². The molecule has 0 bridgehead atoms. The van der Waals surface area contributed by atoms with E-state index in [9.17, 15) is 0 Å². The largest absolute Gasteiger partial charge is 0.472 e. The second kappa shape index (κ2) is 6.47. The average molecular weight is 267 g/mol. The first kappa shape index (κ1) is 13.7. The van der Waals surface area contributed by atoms with Crippen molar-refractivity contribution in [3.8, 4) is 5.75 Å². The van der Waals surface area contributed by atoms with Gasteiger partial charge >= 0.3 is 0 Å². The summed E-state index contributed by atoms with van der Waals surface area (Å²) in [6.07, 6.45) is 8.31. The monoisotopic (exact) mass is 266 g/mol. The summed E-state index contributed by atoms with van der Waals surface area (Å²) in [6.45, 7) is 2.23. The molecular weight excluding hydrogens is 244 g/mol. The Morgan fingerprint density at radius 3 is 2.78 bits per heavy atom. The topological polar surface area (TPSA) is 9.23 Å². The van der Waals surface area contributed by atoms with Crippen molar-refractivity contribution in [2.75, 3.05) is 0 Å². The van der Waals surface area contributed by atoms with E-state index in [1.54, 1.807) is 0 Å². The molecule has 100 valence electrons. The van der Waals surface area contributed by atoms with E-state index in [1.807, 2.05) is 30.3 Å². The lowest BCUT2D eigenvalue weighted by atomic mass is 9.82. The van der Waals surface area contributed by atoms with Gasteiger partial charge in [-0.3, -0.25) is 0 Å². The molecule has 1 aromatic rings. The molecule has 1 fully saturated rings. The highest BCUT2D eigenvalue weighted by Gasteiger charge is 2.40. The quantitative estimate of drug-likeness (QED) is 0.650. The maximum atomic E-state index is 6.79. The Morgan fingerprint density at radius 1 is 1.28 bits per heavy atom. The molecule has 0 radical (unpaired) electrons. The lowest BCUT2D eigenvalue weighted by Crippen LogP contribution is -2.40. The molecule has 0 saturated heterocycles. The number of hydrogen-bond donors (Lipinski definition) is 0. The highest BCUT2D eigenvalue weighted by molar-refractivity contribution is 6.23. The van der Waals surface area contributed by atoms with Gasteiger partial charge in [0.2, 0.25) is 0 Å². The molecule has 1 aliphatic rings. The minimum Gasteiger partial charge on any atom is -0.472 e.